The predicted molar refractivity (Wildman–Crippen MR) is 130 cm³/mol. The van der Waals surface area contributed by atoms with Crippen LogP contribution >= 0.6 is 24.0 Å². The van der Waals surface area contributed by atoms with E-state index in [1.54, 1.807) is 7.11 Å². The van der Waals surface area contributed by atoms with Gasteiger partial charge in [0, 0.05) is 45.3 Å². The first-order chi connectivity index (χ1) is 13.6. The molecule has 1 N–H and O–H groups in total. The number of ether oxygens (including phenoxy) is 1. The zero-order valence-electron chi connectivity index (χ0n) is 18.0. The summed E-state index contributed by atoms with van der Waals surface area (Å²) in [6.45, 7) is 8.15. The van der Waals surface area contributed by atoms with Gasteiger partial charge in [-0.05, 0) is 48.9 Å². The molecule has 3 rings (SSSR count). The van der Waals surface area contributed by atoms with Crippen molar-refractivity contribution in [2.75, 3.05) is 33.3 Å². The van der Waals surface area contributed by atoms with E-state index in [4.69, 9.17) is 9.73 Å². The van der Waals surface area contributed by atoms with E-state index in [9.17, 15) is 0 Å². The summed E-state index contributed by atoms with van der Waals surface area (Å²) in [5, 5.41) is 7.79. The van der Waals surface area contributed by atoms with Crippen LogP contribution in [0, 0.1) is 0 Å². The molecule has 1 saturated heterocycles. The third kappa shape index (κ3) is 6.35. The topological polar surface area (TPSA) is 54.7 Å². The molecule has 6 nitrogen and oxygen atoms in total. The predicted octanol–water partition coefficient (Wildman–Crippen LogP) is 4.00. The van der Waals surface area contributed by atoms with Crippen LogP contribution in [0.25, 0.3) is 0 Å². The van der Waals surface area contributed by atoms with Crippen molar-refractivity contribution in [1.29, 1.82) is 0 Å². The molecule has 1 aromatic heterocycles. The van der Waals surface area contributed by atoms with Crippen LogP contribution in [0.3, 0.4) is 0 Å². The first kappa shape index (κ1) is 23.5. The summed E-state index contributed by atoms with van der Waals surface area (Å²) < 4.78 is 7.13. The molecular formula is C22H34IN5O. The molecule has 1 aliphatic rings. The van der Waals surface area contributed by atoms with Crippen molar-refractivity contribution in [3.05, 3.63) is 47.8 Å². The van der Waals surface area contributed by atoms with E-state index in [0.717, 1.165) is 50.7 Å². The van der Waals surface area contributed by atoms with Gasteiger partial charge in [-0.2, -0.15) is 5.10 Å². The Labute approximate surface area is 191 Å². The Kier molecular flexibility index (Phi) is 9.26. The fourth-order valence-corrected chi connectivity index (χ4v) is 3.76. The van der Waals surface area contributed by atoms with Gasteiger partial charge in [-0.15, -0.1) is 24.0 Å². The average Bonchev–Trinajstić information content (AvgIpc) is 3.36. The molecule has 0 saturated carbocycles. The summed E-state index contributed by atoms with van der Waals surface area (Å²) in [5.41, 5.74) is 2.66. The SMILES string of the molecule is CCNC(=NCCC(C)c1ccc(OC)cc1)N1CCC(c2cnn(C)c2)C1.I. The van der Waals surface area contributed by atoms with Crippen molar-refractivity contribution >= 4 is 29.9 Å². The Morgan fingerprint density at radius 3 is 2.72 bits per heavy atom. The highest BCUT2D eigenvalue weighted by Gasteiger charge is 2.26. The number of guanidine groups is 1. The molecule has 0 spiro atoms. The van der Waals surface area contributed by atoms with Crippen LogP contribution in [0.5, 0.6) is 5.75 Å². The van der Waals surface area contributed by atoms with E-state index < -0.39 is 0 Å². The Morgan fingerprint density at radius 1 is 1.34 bits per heavy atom. The van der Waals surface area contributed by atoms with Gasteiger partial charge in [0.25, 0.3) is 0 Å². The van der Waals surface area contributed by atoms with E-state index in [-0.39, 0.29) is 24.0 Å². The van der Waals surface area contributed by atoms with Crippen LogP contribution in [-0.2, 0) is 7.05 Å². The lowest BCUT2D eigenvalue weighted by Crippen LogP contribution is -2.40. The van der Waals surface area contributed by atoms with Crippen molar-refractivity contribution in [2.24, 2.45) is 12.0 Å². The first-order valence-electron chi connectivity index (χ1n) is 10.3. The highest BCUT2D eigenvalue weighted by Crippen LogP contribution is 2.27. The quantitative estimate of drug-likeness (QED) is 0.347. The molecule has 2 unspecified atom stereocenters. The molecule has 1 aliphatic heterocycles. The molecule has 29 heavy (non-hydrogen) atoms. The standard InChI is InChI=1S/C22H33N5O.HI/c1-5-23-22(27-13-11-19(16-27)20-14-25-26(3)15-20)24-12-10-17(2)18-6-8-21(28-4)9-7-18;/h6-9,14-15,17,19H,5,10-13,16H2,1-4H3,(H,23,24);1H. The summed E-state index contributed by atoms with van der Waals surface area (Å²) in [5.74, 6) is 2.95. The molecule has 2 aromatic rings. The minimum atomic E-state index is 0. The number of methoxy groups -OCH3 is 1. The number of aliphatic imine (C=N–C) groups is 1. The Morgan fingerprint density at radius 2 is 2.10 bits per heavy atom. The maximum atomic E-state index is 5.25. The fraction of sp³-hybridized carbons (Fsp3) is 0.545. The van der Waals surface area contributed by atoms with Gasteiger partial charge in [0.15, 0.2) is 5.96 Å². The Hall–Kier alpha value is -1.77. The largest absolute Gasteiger partial charge is 0.497 e. The highest BCUT2D eigenvalue weighted by atomic mass is 127. The molecule has 0 aliphatic carbocycles. The summed E-state index contributed by atoms with van der Waals surface area (Å²) in [7, 11) is 3.68. The lowest BCUT2D eigenvalue weighted by molar-refractivity contribution is 0.414. The number of hydrogen-bond donors (Lipinski definition) is 1. The average molecular weight is 511 g/mol. The summed E-state index contributed by atoms with van der Waals surface area (Å²) in [6, 6.07) is 8.36. The highest BCUT2D eigenvalue weighted by molar-refractivity contribution is 14.0. The fourth-order valence-electron chi connectivity index (χ4n) is 3.76. The van der Waals surface area contributed by atoms with Crippen molar-refractivity contribution < 1.29 is 4.74 Å². The second kappa shape index (κ2) is 11.4. The van der Waals surface area contributed by atoms with Gasteiger partial charge in [-0.1, -0.05) is 19.1 Å². The van der Waals surface area contributed by atoms with Crippen molar-refractivity contribution in [3.63, 3.8) is 0 Å². The Bertz CT molecular complexity index is 774. The maximum Gasteiger partial charge on any atom is 0.193 e. The molecular weight excluding hydrogens is 477 g/mol. The van der Waals surface area contributed by atoms with Gasteiger partial charge in [0.2, 0.25) is 0 Å². The maximum absolute atomic E-state index is 5.25. The Balaban J connectivity index is 0.00000300. The van der Waals surface area contributed by atoms with Crippen molar-refractivity contribution in [2.45, 2.75) is 38.5 Å². The van der Waals surface area contributed by atoms with Crippen molar-refractivity contribution in [3.8, 4) is 5.75 Å². The number of aryl methyl sites for hydroxylation is 1. The van der Waals surface area contributed by atoms with Crippen molar-refractivity contribution in [1.82, 2.24) is 20.0 Å². The van der Waals surface area contributed by atoms with Crippen LogP contribution in [0.2, 0.25) is 0 Å². The number of benzene rings is 1. The lowest BCUT2D eigenvalue weighted by atomic mass is 9.98. The lowest BCUT2D eigenvalue weighted by Gasteiger charge is -2.22. The van der Waals surface area contributed by atoms with Gasteiger partial charge in [0.05, 0.1) is 13.3 Å². The molecule has 0 amide bonds. The zero-order chi connectivity index (χ0) is 19.9. The second-order valence-electron chi connectivity index (χ2n) is 7.58. The molecule has 0 bridgehead atoms. The van der Waals surface area contributed by atoms with Crippen LogP contribution in [-0.4, -0.2) is 53.9 Å². The molecule has 0 radical (unpaired) electrons. The number of likely N-dealkylation sites (tertiary alicyclic amines) is 1. The van der Waals surface area contributed by atoms with Gasteiger partial charge in [-0.3, -0.25) is 9.67 Å². The molecule has 1 aromatic carbocycles. The first-order valence-corrected chi connectivity index (χ1v) is 10.3. The van der Waals surface area contributed by atoms with Gasteiger partial charge in [-0.25, -0.2) is 0 Å². The normalized spacial score (nSPS) is 17.7. The smallest absolute Gasteiger partial charge is 0.193 e. The molecule has 160 valence electrons. The van der Waals surface area contributed by atoms with Crippen LogP contribution in [0.1, 0.15) is 49.7 Å². The summed E-state index contributed by atoms with van der Waals surface area (Å²) in [4.78, 5) is 7.30. The number of nitrogens with one attached hydrogen (secondary N) is 1. The van der Waals surface area contributed by atoms with Gasteiger partial charge in [0.1, 0.15) is 5.75 Å². The van der Waals surface area contributed by atoms with Gasteiger partial charge < -0.3 is 15.0 Å². The number of aromatic nitrogens is 2. The number of halogens is 1. The third-order valence-electron chi connectivity index (χ3n) is 5.53. The minimum Gasteiger partial charge on any atom is -0.497 e. The number of hydrogen-bond acceptors (Lipinski definition) is 3. The third-order valence-corrected chi connectivity index (χ3v) is 5.53. The zero-order valence-corrected chi connectivity index (χ0v) is 20.3. The van der Waals surface area contributed by atoms with E-state index in [2.05, 4.69) is 47.5 Å². The van der Waals surface area contributed by atoms with Crippen LogP contribution < -0.4 is 10.1 Å². The monoisotopic (exact) mass is 511 g/mol. The molecule has 2 atom stereocenters. The molecule has 2 heterocycles. The summed E-state index contributed by atoms with van der Waals surface area (Å²) in [6.07, 6.45) is 6.31. The molecule has 1 fully saturated rings. The number of nitrogens with zero attached hydrogens (tertiary/aromatic N) is 4. The molecule has 7 heteroatoms. The van der Waals surface area contributed by atoms with E-state index in [1.807, 2.05) is 30.1 Å². The second-order valence-corrected chi connectivity index (χ2v) is 7.58. The number of rotatable bonds is 7. The van der Waals surface area contributed by atoms with Crippen LogP contribution in [0.15, 0.2) is 41.7 Å². The minimum absolute atomic E-state index is 0. The summed E-state index contributed by atoms with van der Waals surface area (Å²) >= 11 is 0. The van der Waals surface area contributed by atoms with E-state index in [1.165, 1.54) is 11.1 Å². The van der Waals surface area contributed by atoms with Gasteiger partial charge >= 0.3 is 0 Å². The van der Waals surface area contributed by atoms with E-state index >= 15 is 0 Å². The van der Waals surface area contributed by atoms with E-state index in [0.29, 0.717) is 11.8 Å². The van der Waals surface area contributed by atoms with Crippen LogP contribution in [0.4, 0.5) is 0 Å².